The van der Waals surface area contributed by atoms with E-state index < -0.39 is 5.97 Å². The lowest BCUT2D eigenvalue weighted by atomic mass is 10.3. The zero-order valence-corrected chi connectivity index (χ0v) is 11.2. The van der Waals surface area contributed by atoms with Gasteiger partial charge in [0.15, 0.2) is 5.69 Å². The largest absolute Gasteiger partial charge is 0.464 e. The van der Waals surface area contributed by atoms with Crippen molar-refractivity contribution in [3.63, 3.8) is 0 Å². The second kappa shape index (κ2) is 6.90. The molecule has 1 unspecified atom stereocenters. The van der Waals surface area contributed by atoms with Crippen LogP contribution in [0.2, 0.25) is 0 Å². The number of hydrogen-bond acceptors (Lipinski definition) is 6. The van der Waals surface area contributed by atoms with Gasteiger partial charge in [-0.05, 0) is 13.8 Å². The summed E-state index contributed by atoms with van der Waals surface area (Å²) in [7, 11) is 2.98. The average molecular weight is 253 g/mol. The van der Waals surface area contributed by atoms with Gasteiger partial charge in [0, 0.05) is 13.7 Å². The van der Waals surface area contributed by atoms with E-state index in [2.05, 4.69) is 19.6 Å². The fourth-order valence-corrected chi connectivity index (χ4v) is 1.71. The Morgan fingerprint density at radius 2 is 2.11 bits per heavy atom. The van der Waals surface area contributed by atoms with Crippen LogP contribution in [0.15, 0.2) is 12.4 Å². The molecular weight excluding hydrogens is 234 g/mol. The summed E-state index contributed by atoms with van der Waals surface area (Å²) in [5.41, 5.74) is 0.205. The number of nitrogens with zero attached hydrogens (tertiary/aromatic N) is 3. The van der Waals surface area contributed by atoms with Crippen LogP contribution in [-0.2, 0) is 9.47 Å². The molecule has 1 heterocycles. The van der Waals surface area contributed by atoms with Crippen LogP contribution in [0.4, 0.5) is 5.82 Å². The first-order valence-electron chi connectivity index (χ1n) is 5.80. The van der Waals surface area contributed by atoms with Gasteiger partial charge in [-0.3, -0.25) is 0 Å². The van der Waals surface area contributed by atoms with E-state index in [4.69, 9.17) is 4.74 Å². The molecule has 0 saturated carbocycles. The Labute approximate surface area is 107 Å². The summed E-state index contributed by atoms with van der Waals surface area (Å²) in [4.78, 5) is 21.6. The first-order valence-corrected chi connectivity index (χ1v) is 5.80. The minimum absolute atomic E-state index is 0.193. The average Bonchev–Trinajstić information content (AvgIpc) is 2.40. The molecule has 0 aliphatic heterocycles. The van der Waals surface area contributed by atoms with Crippen LogP contribution in [0, 0.1) is 0 Å². The number of esters is 1. The summed E-state index contributed by atoms with van der Waals surface area (Å²) >= 11 is 0. The van der Waals surface area contributed by atoms with Gasteiger partial charge in [0.1, 0.15) is 5.82 Å². The Morgan fingerprint density at radius 1 is 1.39 bits per heavy atom. The summed E-state index contributed by atoms with van der Waals surface area (Å²) in [5.74, 6) is 0.233. The highest BCUT2D eigenvalue weighted by atomic mass is 16.5. The number of aromatic nitrogens is 2. The number of likely N-dealkylation sites (N-methyl/N-ethyl adjacent to an activating group) is 1. The van der Waals surface area contributed by atoms with E-state index >= 15 is 0 Å². The maximum Gasteiger partial charge on any atom is 0.358 e. The normalized spacial score (nSPS) is 12.0. The third-order valence-corrected chi connectivity index (χ3v) is 2.61. The zero-order chi connectivity index (χ0) is 13.5. The molecule has 0 spiro atoms. The lowest BCUT2D eigenvalue weighted by Gasteiger charge is -2.28. The number of rotatable bonds is 6. The van der Waals surface area contributed by atoms with E-state index in [1.54, 1.807) is 13.3 Å². The lowest BCUT2D eigenvalue weighted by Crippen LogP contribution is -2.36. The Kier molecular flexibility index (Phi) is 5.51. The smallest absolute Gasteiger partial charge is 0.358 e. The van der Waals surface area contributed by atoms with Gasteiger partial charge in [-0.15, -0.1) is 0 Å². The first kappa shape index (κ1) is 14.4. The van der Waals surface area contributed by atoms with Crippen LogP contribution in [0.1, 0.15) is 24.3 Å². The predicted octanol–water partition coefficient (Wildman–Crippen LogP) is 1.12. The summed E-state index contributed by atoms with van der Waals surface area (Å²) in [6, 6.07) is 0.193. The van der Waals surface area contributed by atoms with E-state index in [1.807, 2.05) is 13.8 Å². The predicted molar refractivity (Wildman–Crippen MR) is 67.7 cm³/mol. The summed E-state index contributed by atoms with van der Waals surface area (Å²) in [6.45, 7) is 5.47. The maximum atomic E-state index is 11.2. The van der Waals surface area contributed by atoms with Crippen LogP contribution in [0.3, 0.4) is 0 Å². The first-order chi connectivity index (χ1) is 8.63. The number of carbonyl (C=O) groups is 1. The molecule has 0 saturated heterocycles. The van der Waals surface area contributed by atoms with Crippen molar-refractivity contribution in [3.05, 3.63) is 18.1 Å². The van der Waals surface area contributed by atoms with Gasteiger partial charge in [0.2, 0.25) is 0 Å². The van der Waals surface area contributed by atoms with Gasteiger partial charge in [-0.1, -0.05) is 0 Å². The molecule has 1 rings (SSSR count). The number of carbonyl (C=O) groups excluding carboxylic acids is 1. The third-order valence-electron chi connectivity index (χ3n) is 2.61. The van der Waals surface area contributed by atoms with Gasteiger partial charge in [0.25, 0.3) is 0 Å². The molecule has 0 aliphatic carbocycles. The molecule has 6 nitrogen and oxygen atoms in total. The summed E-state index contributed by atoms with van der Waals surface area (Å²) in [5, 5.41) is 0. The van der Waals surface area contributed by atoms with Gasteiger partial charge >= 0.3 is 5.97 Å². The molecule has 1 aromatic rings. The molecule has 0 aliphatic rings. The lowest BCUT2D eigenvalue weighted by molar-refractivity contribution is 0.0593. The van der Waals surface area contributed by atoms with Crippen LogP contribution in [0.5, 0.6) is 0 Å². The topological polar surface area (TPSA) is 64.6 Å². The monoisotopic (exact) mass is 253 g/mol. The summed E-state index contributed by atoms with van der Waals surface area (Å²) in [6.07, 6.45) is 2.99. The zero-order valence-electron chi connectivity index (χ0n) is 11.2. The van der Waals surface area contributed by atoms with E-state index in [-0.39, 0.29) is 11.7 Å². The molecule has 1 aromatic heterocycles. The van der Waals surface area contributed by atoms with Crippen molar-refractivity contribution in [3.8, 4) is 0 Å². The molecule has 0 fully saturated rings. The summed E-state index contributed by atoms with van der Waals surface area (Å²) < 4.78 is 9.70. The fraction of sp³-hybridized carbons (Fsp3) is 0.583. The maximum absolute atomic E-state index is 11.2. The van der Waals surface area contributed by atoms with Crippen molar-refractivity contribution < 1.29 is 14.3 Å². The van der Waals surface area contributed by atoms with E-state index in [1.165, 1.54) is 13.3 Å². The third kappa shape index (κ3) is 3.40. The Balaban J connectivity index is 2.84. The minimum atomic E-state index is -0.484. The van der Waals surface area contributed by atoms with E-state index in [9.17, 15) is 4.79 Å². The quantitative estimate of drug-likeness (QED) is 0.708. The van der Waals surface area contributed by atoms with Crippen LogP contribution < -0.4 is 4.90 Å². The number of methoxy groups -OCH3 is 2. The van der Waals surface area contributed by atoms with Crippen molar-refractivity contribution in [2.24, 2.45) is 0 Å². The highest BCUT2D eigenvalue weighted by Crippen LogP contribution is 2.13. The molecule has 0 radical (unpaired) electrons. The second-order valence-corrected chi connectivity index (χ2v) is 3.84. The van der Waals surface area contributed by atoms with Crippen molar-refractivity contribution in [2.45, 2.75) is 19.9 Å². The van der Waals surface area contributed by atoms with Gasteiger partial charge in [0.05, 0.1) is 32.2 Å². The van der Waals surface area contributed by atoms with Gasteiger partial charge in [-0.2, -0.15) is 0 Å². The van der Waals surface area contributed by atoms with Gasteiger partial charge < -0.3 is 14.4 Å². The Bertz CT molecular complexity index is 381. The Morgan fingerprint density at radius 3 is 2.56 bits per heavy atom. The standard InChI is InChI=1S/C12H19N3O3/c1-5-15(9(2)8-17-3)11-7-13-10(6-14-11)12(16)18-4/h6-7,9H,5,8H2,1-4H3. The molecule has 0 amide bonds. The molecule has 0 aromatic carbocycles. The van der Waals surface area contributed by atoms with Crippen molar-refractivity contribution in [1.29, 1.82) is 0 Å². The highest BCUT2D eigenvalue weighted by Gasteiger charge is 2.15. The molecule has 6 heteroatoms. The molecule has 100 valence electrons. The van der Waals surface area contributed by atoms with E-state index in [0.29, 0.717) is 6.61 Å². The molecular formula is C12H19N3O3. The van der Waals surface area contributed by atoms with Crippen molar-refractivity contribution in [1.82, 2.24) is 9.97 Å². The molecule has 0 bridgehead atoms. The minimum Gasteiger partial charge on any atom is -0.464 e. The van der Waals surface area contributed by atoms with Crippen LogP contribution in [0.25, 0.3) is 0 Å². The number of ether oxygens (including phenoxy) is 2. The number of hydrogen-bond donors (Lipinski definition) is 0. The second-order valence-electron chi connectivity index (χ2n) is 3.84. The van der Waals surface area contributed by atoms with Crippen LogP contribution in [-0.4, -0.2) is 49.4 Å². The fourth-order valence-electron chi connectivity index (χ4n) is 1.71. The molecule has 1 atom stereocenters. The van der Waals surface area contributed by atoms with E-state index in [0.717, 1.165) is 12.4 Å². The van der Waals surface area contributed by atoms with Crippen molar-refractivity contribution >= 4 is 11.8 Å². The number of anilines is 1. The molecule has 0 N–H and O–H groups in total. The SMILES string of the molecule is CCN(c1cnc(C(=O)OC)cn1)C(C)COC. The highest BCUT2D eigenvalue weighted by molar-refractivity contribution is 5.86. The molecule has 18 heavy (non-hydrogen) atoms. The Hall–Kier alpha value is -1.69. The van der Waals surface area contributed by atoms with Crippen LogP contribution >= 0.6 is 0 Å². The van der Waals surface area contributed by atoms with Gasteiger partial charge in [-0.25, -0.2) is 14.8 Å². The van der Waals surface area contributed by atoms with Crippen molar-refractivity contribution in [2.75, 3.05) is 32.3 Å².